The van der Waals surface area contributed by atoms with E-state index in [4.69, 9.17) is 21.1 Å². The van der Waals surface area contributed by atoms with Crippen molar-refractivity contribution in [3.63, 3.8) is 0 Å². The first-order valence-corrected chi connectivity index (χ1v) is 6.18. The second-order valence-electron chi connectivity index (χ2n) is 4.02. The second kappa shape index (κ2) is 7.87. The van der Waals surface area contributed by atoms with Gasteiger partial charge in [-0.2, -0.15) is 0 Å². The summed E-state index contributed by atoms with van der Waals surface area (Å²) in [5.41, 5.74) is 0. The molecule has 1 fully saturated rings. The van der Waals surface area contributed by atoms with Crippen molar-refractivity contribution in [1.82, 2.24) is 5.32 Å². The molecule has 16 heavy (non-hydrogen) atoms. The van der Waals surface area contributed by atoms with E-state index in [1.165, 1.54) is 0 Å². The Hall–Kier alpha value is -0.320. The van der Waals surface area contributed by atoms with Gasteiger partial charge in [0.25, 0.3) is 0 Å². The molecule has 4 nitrogen and oxygen atoms in total. The molecule has 1 saturated carbocycles. The van der Waals surface area contributed by atoms with Gasteiger partial charge in [0, 0.05) is 13.2 Å². The topological polar surface area (TPSA) is 47.6 Å². The van der Waals surface area contributed by atoms with E-state index < -0.39 is 0 Å². The average Bonchev–Trinajstić information content (AvgIpc) is 2.28. The van der Waals surface area contributed by atoms with Crippen LogP contribution >= 0.6 is 11.6 Å². The third-order valence-electron chi connectivity index (χ3n) is 2.69. The monoisotopic (exact) mass is 249 g/mol. The van der Waals surface area contributed by atoms with Gasteiger partial charge in [-0.15, -0.1) is 11.6 Å². The molecule has 94 valence electrons. The fraction of sp³-hybridized carbons (Fsp3) is 0.909. The molecule has 0 aliphatic heterocycles. The van der Waals surface area contributed by atoms with E-state index in [9.17, 15) is 4.79 Å². The molecule has 1 aliphatic carbocycles. The van der Waals surface area contributed by atoms with E-state index in [0.717, 1.165) is 25.7 Å². The Bertz CT molecular complexity index is 213. The highest BCUT2D eigenvalue weighted by molar-refractivity contribution is 6.21. The van der Waals surface area contributed by atoms with Gasteiger partial charge in [0.15, 0.2) is 0 Å². The fourth-order valence-corrected chi connectivity index (χ4v) is 2.15. The molecule has 0 heterocycles. The van der Waals surface area contributed by atoms with Crippen molar-refractivity contribution in [3.8, 4) is 0 Å². The van der Waals surface area contributed by atoms with E-state index >= 15 is 0 Å². The largest absolute Gasteiger partial charge is 0.382 e. The highest BCUT2D eigenvalue weighted by atomic mass is 35.5. The molecule has 2 unspecified atom stereocenters. The van der Waals surface area contributed by atoms with Crippen LogP contribution < -0.4 is 5.32 Å². The van der Waals surface area contributed by atoms with Gasteiger partial charge in [0.2, 0.25) is 5.91 Å². The summed E-state index contributed by atoms with van der Waals surface area (Å²) in [6.07, 6.45) is 4.25. The minimum absolute atomic E-state index is 0.0664. The quantitative estimate of drug-likeness (QED) is 0.571. The van der Waals surface area contributed by atoms with E-state index in [1.807, 2.05) is 0 Å². The molecule has 1 N–H and O–H groups in total. The van der Waals surface area contributed by atoms with E-state index in [-0.39, 0.29) is 23.9 Å². The molecular weight excluding hydrogens is 230 g/mol. The van der Waals surface area contributed by atoms with Crippen LogP contribution in [0.2, 0.25) is 0 Å². The molecule has 0 aromatic carbocycles. The standard InChI is InChI=1S/C11H20ClNO3/c1-15-6-7-16-8-11(14)13-10-5-3-2-4-9(10)12/h9-10H,2-8H2,1H3,(H,13,14). The van der Waals surface area contributed by atoms with Gasteiger partial charge in [-0.3, -0.25) is 4.79 Å². The highest BCUT2D eigenvalue weighted by Crippen LogP contribution is 2.22. The molecule has 0 bridgehead atoms. The minimum Gasteiger partial charge on any atom is -0.382 e. The Morgan fingerprint density at radius 3 is 2.81 bits per heavy atom. The smallest absolute Gasteiger partial charge is 0.246 e. The third kappa shape index (κ3) is 5.14. The van der Waals surface area contributed by atoms with Crippen LogP contribution in [0.4, 0.5) is 0 Å². The molecule has 0 aromatic rings. The summed E-state index contributed by atoms with van der Waals surface area (Å²) in [6.45, 7) is 1.04. The molecule has 0 spiro atoms. The Kier molecular flexibility index (Phi) is 6.76. The number of hydrogen-bond acceptors (Lipinski definition) is 3. The Morgan fingerprint density at radius 1 is 1.38 bits per heavy atom. The Balaban J connectivity index is 2.12. The molecular formula is C11H20ClNO3. The number of methoxy groups -OCH3 is 1. The molecule has 1 amide bonds. The first-order chi connectivity index (χ1) is 7.74. The third-order valence-corrected chi connectivity index (χ3v) is 3.22. The van der Waals surface area contributed by atoms with Crippen molar-refractivity contribution < 1.29 is 14.3 Å². The van der Waals surface area contributed by atoms with Crippen LogP contribution in [-0.2, 0) is 14.3 Å². The maximum absolute atomic E-state index is 11.5. The van der Waals surface area contributed by atoms with Crippen molar-refractivity contribution in [1.29, 1.82) is 0 Å². The predicted molar refractivity (Wildman–Crippen MR) is 62.7 cm³/mol. The van der Waals surface area contributed by atoms with Crippen molar-refractivity contribution in [2.24, 2.45) is 0 Å². The summed E-state index contributed by atoms with van der Waals surface area (Å²) in [7, 11) is 1.60. The summed E-state index contributed by atoms with van der Waals surface area (Å²) < 4.78 is 9.95. The lowest BCUT2D eigenvalue weighted by Gasteiger charge is -2.27. The van der Waals surface area contributed by atoms with E-state index in [1.54, 1.807) is 7.11 Å². The first kappa shape index (κ1) is 13.7. The predicted octanol–water partition coefficient (Wildman–Crippen LogP) is 1.32. The van der Waals surface area contributed by atoms with Crippen LogP contribution in [-0.4, -0.2) is 44.3 Å². The molecule has 1 aliphatic rings. The summed E-state index contributed by atoms with van der Waals surface area (Å²) in [6, 6.07) is 0.106. The second-order valence-corrected chi connectivity index (χ2v) is 4.58. The van der Waals surface area contributed by atoms with Crippen LogP contribution in [0, 0.1) is 0 Å². The normalized spacial score (nSPS) is 25.4. The van der Waals surface area contributed by atoms with Crippen molar-refractivity contribution in [2.45, 2.75) is 37.1 Å². The lowest BCUT2D eigenvalue weighted by Crippen LogP contribution is -2.44. The van der Waals surface area contributed by atoms with Gasteiger partial charge in [0.1, 0.15) is 6.61 Å². The molecule has 1 rings (SSSR count). The van der Waals surface area contributed by atoms with Gasteiger partial charge in [0.05, 0.1) is 18.6 Å². The summed E-state index contributed by atoms with van der Waals surface area (Å²) in [5, 5.41) is 2.98. The van der Waals surface area contributed by atoms with E-state index in [0.29, 0.717) is 13.2 Å². The van der Waals surface area contributed by atoms with Gasteiger partial charge in [-0.05, 0) is 12.8 Å². The maximum atomic E-state index is 11.5. The molecule has 0 aromatic heterocycles. The number of alkyl halides is 1. The lowest BCUT2D eigenvalue weighted by molar-refractivity contribution is -0.127. The number of hydrogen-bond donors (Lipinski definition) is 1. The van der Waals surface area contributed by atoms with Crippen molar-refractivity contribution in [2.75, 3.05) is 26.9 Å². The van der Waals surface area contributed by atoms with Gasteiger partial charge in [-0.1, -0.05) is 12.8 Å². The summed E-state index contributed by atoms with van der Waals surface area (Å²) in [5.74, 6) is -0.0892. The first-order valence-electron chi connectivity index (χ1n) is 5.74. The molecule has 5 heteroatoms. The molecule has 0 radical (unpaired) electrons. The highest BCUT2D eigenvalue weighted by Gasteiger charge is 2.24. The maximum Gasteiger partial charge on any atom is 0.246 e. The lowest BCUT2D eigenvalue weighted by atomic mass is 9.95. The number of rotatable bonds is 6. The summed E-state index contributed by atoms with van der Waals surface area (Å²) in [4.78, 5) is 11.5. The summed E-state index contributed by atoms with van der Waals surface area (Å²) >= 11 is 6.13. The zero-order chi connectivity index (χ0) is 11.8. The molecule has 0 saturated heterocycles. The number of halogens is 1. The average molecular weight is 250 g/mol. The fourth-order valence-electron chi connectivity index (χ4n) is 1.80. The van der Waals surface area contributed by atoms with E-state index in [2.05, 4.69) is 5.32 Å². The van der Waals surface area contributed by atoms with Crippen LogP contribution in [0.3, 0.4) is 0 Å². The van der Waals surface area contributed by atoms with Crippen LogP contribution in [0.15, 0.2) is 0 Å². The number of nitrogens with one attached hydrogen (secondary N) is 1. The van der Waals surface area contributed by atoms with Crippen molar-refractivity contribution in [3.05, 3.63) is 0 Å². The SMILES string of the molecule is COCCOCC(=O)NC1CCCCC1Cl. The molecule has 2 atom stereocenters. The number of carbonyl (C=O) groups excluding carboxylic acids is 1. The van der Waals surface area contributed by atoms with Gasteiger partial charge in [-0.25, -0.2) is 0 Å². The van der Waals surface area contributed by atoms with Crippen LogP contribution in [0.1, 0.15) is 25.7 Å². The van der Waals surface area contributed by atoms with Gasteiger partial charge < -0.3 is 14.8 Å². The number of carbonyl (C=O) groups is 1. The minimum atomic E-state index is -0.0892. The Morgan fingerprint density at radius 2 is 2.12 bits per heavy atom. The number of amides is 1. The zero-order valence-electron chi connectivity index (χ0n) is 9.71. The number of ether oxygens (including phenoxy) is 2. The van der Waals surface area contributed by atoms with Crippen LogP contribution in [0.5, 0.6) is 0 Å². The van der Waals surface area contributed by atoms with Crippen LogP contribution in [0.25, 0.3) is 0 Å². The Labute approximate surface area is 102 Å². The van der Waals surface area contributed by atoms with Crippen molar-refractivity contribution >= 4 is 17.5 Å². The zero-order valence-corrected chi connectivity index (χ0v) is 10.5. The van der Waals surface area contributed by atoms with Gasteiger partial charge >= 0.3 is 0 Å².